The molecular formula is C23H23N3O3S. The number of fused-ring (bicyclic) bond motifs is 1. The molecule has 4 rings (SSSR count). The number of para-hydroxylation sites is 2. The van der Waals surface area contributed by atoms with Crippen LogP contribution in [0.4, 0.5) is 0 Å². The summed E-state index contributed by atoms with van der Waals surface area (Å²) in [5, 5.41) is 14.1. The minimum Gasteiger partial charge on any atom is -0.508 e. The van der Waals surface area contributed by atoms with Crippen LogP contribution in [-0.2, 0) is 24.3 Å². The number of hydrogen-bond acceptors (Lipinski definition) is 6. The molecule has 0 fully saturated rings. The molecule has 2 N–H and O–H groups in total. The van der Waals surface area contributed by atoms with Crippen LogP contribution < -0.4 is 5.32 Å². The first-order valence-electron chi connectivity index (χ1n) is 9.80. The molecule has 2 heterocycles. The molecule has 0 spiro atoms. The summed E-state index contributed by atoms with van der Waals surface area (Å²) in [7, 11) is 0. The number of hydrogen-bond donors (Lipinski definition) is 2. The molecule has 2 aromatic heterocycles. The predicted octanol–water partition coefficient (Wildman–Crippen LogP) is 3.96. The number of aromatic hydroxyl groups is 1. The first-order chi connectivity index (χ1) is 14.7. The largest absolute Gasteiger partial charge is 0.508 e. The van der Waals surface area contributed by atoms with Crippen molar-refractivity contribution in [3.05, 3.63) is 83.3 Å². The fraction of sp³-hybridized carbons (Fsp3) is 0.217. The smallest absolute Gasteiger partial charge is 0.234 e. The van der Waals surface area contributed by atoms with Crippen molar-refractivity contribution < 1.29 is 14.3 Å². The van der Waals surface area contributed by atoms with Gasteiger partial charge in [0.15, 0.2) is 0 Å². The highest BCUT2D eigenvalue weighted by molar-refractivity contribution is 7.18. The van der Waals surface area contributed by atoms with E-state index in [1.165, 1.54) is 0 Å². The number of benzene rings is 2. The van der Waals surface area contributed by atoms with Crippen molar-refractivity contribution in [3.63, 3.8) is 0 Å². The first-order valence-corrected chi connectivity index (χ1v) is 10.6. The predicted molar refractivity (Wildman–Crippen MR) is 117 cm³/mol. The van der Waals surface area contributed by atoms with Gasteiger partial charge in [0.1, 0.15) is 11.5 Å². The molecule has 6 nitrogen and oxygen atoms in total. The van der Waals surface area contributed by atoms with Gasteiger partial charge in [-0.05, 0) is 30.3 Å². The van der Waals surface area contributed by atoms with E-state index >= 15 is 0 Å². The fourth-order valence-electron chi connectivity index (χ4n) is 3.27. The minimum absolute atomic E-state index is 0.0712. The SMILES string of the molecule is O=C(CN(Cc1ccco1)Cc1ccccc1O)NCCc1nc2ccccc2s1. The second-order valence-corrected chi connectivity index (χ2v) is 8.14. The number of furan rings is 1. The number of aromatic nitrogens is 1. The van der Waals surface area contributed by atoms with Crippen LogP contribution in [0, 0.1) is 0 Å². The van der Waals surface area contributed by atoms with Crippen molar-refractivity contribution in [2.24, 2.45) is 0 Å². The van der Waals surface area contributed by atoms with Gasteiger partial charge in [0, 0.05) is 25.1 Å². The summed E-state index contributed by atoms with van der Waals surface area (Å²) in [6.07, 6.45) is 2.31. The zero-order chi connectivity index (χ0) is 20.8. The highest BCUT2D eigenvalue weighted by Crippen LogP contribution is 2.22. The van der Waals surface area contributed by atoms with Gasteiger partial charge >= 0.3 is 0 Å². The van der Waals surface area contributed by atoms with Gasteiger partial charge in [-0.15, -0.1) is 11.3 Å². The average Bonchev–Trinajstić information content (AvgIpc) is 3.39. The third-order valence-electron chi connectivity index (χ3n) is 4.71. The van der Waals surface area contributed by atoms with Crippen molar-refractivity contribution in [1.82, 2.24) is 15.2 Å². The highest BCUT2D eigenvalue weighted by atomic mass is 32.1. The van der Waals surface area contributed by atoms with E-state index in [1.54, 1.807) is 29.7 Å². The van der Waals surface area contributed by atoms with Gasteiger partial charge in [-0.2, -0.15) is 0 Å². The van der Waals surface area contributed by atoms with Crippen molar-refractivity contribution in [2.75, 3.05) is 13.1 Å². The number of phenolic OH excluding ortho intramolecular Hbond substituents is 1. The lowest BCUT2D eigenvalue weighted by molar-refractivity contribution is -0.122. The molecule has 7 heteroatoms. The monoisotopic (exact) mass is 421 g/mol. The Morgan fingerprint density at radius 2 is 1.90 bits per heavy atom. The zero-order valence-electron chi connectivity index (χ0n) is 16.5. The summed E-state index contributed by atoms with van der Waals surface area (Å²) in [6, 6.07) is 18.9. The molecule has 154 valence electrons. The summed E-state index contributed by atoms with van der Waals surface area (Å²) in [4.78, 5) is 19.1. The van der Waals surface area contributed by atoms with Crippen LogP contribution in [0.15, 0.2) is 71.3 Å². The summed E-state index contributed by atoms with van der Waals surface area (Å²) in [6.45, 7) is 1.66. The topological polar surface area (TPSA) is 78.6 Å². The second kappa shape index (κ2) is 9.56. The van der Waals surface area contributed by atoms with Crippen LogP contribution in [0.3, 0.4) is 0 Å². The Morgan fingerprint density at radius 3 is 2.70 bits per heavy atom. The van der Waals surface area contributed by atoms with Crippen molar-refractivity contribution in [3.8, 4) is 5.75 Å². The molecule has 0 aliphatic heterocycles. The molecule has 0 radical (unpaired) electrons. The maximum absolute atomic E-state index is 12.6. The van der Waals surface area contributed by atoms with E-state index in [0.717, 1.165) is 26.5 Å². The second-order valence-electron chi connectivity index (χ2n) is 7.03. The molecule has 0 aliphatic rings. The minimum atomic E-state index is -0.0712. The van der Waals surface area contributed by atoms with Crippen molar-refractivity contribution >= 4 is 27.5 Å². The van der Waals surface area contributed by atoms with Gasteiger partial charge in [-0.25, -0.2) is 4.98 Å². The van der Waals surface area contributed by atoms with Crippen molar-refractivity contribution in [2.45, 2.75) is 19.5 Å². The third kappa shape index (κ3) is 5.25. The molecule has 1 amide bonds. The number of carbonyl (C=O) groups is 1. The molecule has 30 heavy (non-hydrogen) atoms. The number of phenols is 1. The van der Waals surface area contributed by atoms with E-state index < -0.39 is 0 Å². The summed E-state index contributed by atoms with van der Waals surface area (Å²) < 4.78 is 6.60. The van der Waals surface area contributed by atoms with E-state index in [4.69, 9.17) is 4.42 Å². The lowest BCUT2D eigenvalue weighted by Crippen LogP contribution is -2.37. The Labute approximate surface area is 178 Å². The maximum atomic E-state index is 12.6. The van der Waals surface area contributed by atoms with E-state index in [9.17, 15) is 9.90 Å². The standard InChI is InChI=1S/C23H23N3O3S/c27-20-9-3-1-6-17(20)14-26(15-18-7-5-13-29-18)16-22(28)24-12-11-23-25-19-8-2-4-10-21(19)30-23/h1-10,13,27H,11-12,14-16H2,(H,24,28). The van der Waals surface area contributed by atoms with Gasteiger partial charge in [0.05, 0.1) is 34.6 Å². The van der Waals surface area contributed by atoms with Crippen LogP contribution in [0.25, 0.3) is 10.2 Å². The van der Waals surface area contributed by atoms with Crippen LogP contribution in [0.2, 0.25) is 0 Å². The quantitative estimate of drug-likeness (QED) is 0.428. The molecule has 0 aliphatic carbocycles. The van der Waals surface area contributed by atoms with Gasteiger partial charge in [0.2, 0.25) is 5.91 Å². The summed E-state index contributed by atoms with van der Waals surface area (Å²) in [5.41, 5.74) is 1.77. The lowest BCUT2D eigenvalue weighted by atomic mass is 10.2. The number of thiazole rings is 1. The fourth-order valence-corrected chi connectivity index (χ4v) is 4.24. The number of rotatable bonds is 9. The third-order valence-corrected chi connectivity index (χ3v) is 5.81. The molecule has 0 bridgehead atoms. The van der Waals surface area contributed by atoms with Crippen LogP contribution in [0.1, 0.15) is 16.3 Å². The number of nitrogens with zero attached hydrogens (tertiary/aromatic N) is 2. The average molecular weight is 422 g/mol. The molecule has 0 saturated heterocycles. The Morgan fingerprint density at radius 1 is 1.07 bits per heavy atom. The van der Waals surface area contributed by atoms with Gasteiger partial charge in [0.25, 0.3) is 0 Å². The Kier molecular flexibility index (Phi) is 6.41. The molecular weight excluding hydrogens is 398 g/mol. The van der Waals surface area contributed by atoms with Crippen molar-refractivity contribution in [1.29, 1.82) is 0 Å². The summed E-state index contributed by atoms with van der Waals surface area (Å²) >= 11 is 1.66. The summed E-state index contributed by atoms with van der Waals surface area (Å²) in [5.74, 6) is 0.920. The van der Waals surface area contributed by atoms with Gasteiger partial charge in [-0.1, -0.05) is 30.3 Å². The highest BCUT2D eigenvalue weighted by Gasteiger charge is 2.15. The van der Waals surface area contributed by atoms with E-state index in [-0.39, 0.29) is 18.2 Å². The van der Waals surface area contributed by atoms with Gasteiger partial charge in [-0.3, -0.25) is 9.69 Å². The molecule has 0 atom stereocenters. The molecule has 0 unspecified atom stereocenters. The van der Waals surface area contributed by atoms with Gasteiger partial charge < -0.3 is 14.8 Å². The Bertz CT molecular complexity index is 1070. The molecule has 2 aromatic carbocycles. The maximum Gasteiger partial charge on any atom is 0.234 e. The van der Waals surface area contributed by atoms with Crippen LogP contribution >= 0.6 is 11.3 Å². The van der Waals surface area contributed by atoms with E-state index in [0.29, 0.717) is 26.1 Å². The molecule has 0 saturated carbocycles. The Hall–Kier alpha value is -3.16. The number of amides is 1. The number of nitrogens with one attached hydrogen (secondary N) is 1. The zero-order valence-corrected chi connectivity index (χ0v) is 17.3. The first kappa shape index (κ1) is 20.1. The lowest BCUT2D eigenvalue weighted by Gasteiger charge is -2.21. The van der Waals surface area contributed by atoms with E-state index in [1.807, 2.05) is 47.4 Å². The number of carbonyl (C=O) groups excluding carboxylic acids is 1. The van der Waals surface area contributed by atoms with Crippen LogP contribution in [-0.4, -0.2) is 34.0 Å². The normalized spacial score (nSPS) is 11.2. The molecule has 4 aromatic rings. The Balaban J connectivity index is 1.34. The van der Waals surface area contributed by atoms with E-state index in [2.05, 4.69) is 16.4 Å². The van der Waals surface area contributed by atoms with Crippen LogP contribution in [0.5, 0.6) is 5.75 Å².